The monoisotopic (exact) mass is 641 g/mol. The Bertz CT molecular complexity index is 1480. The number of benzene rings is 2. The second-order valence-corrected chi connectivity index (χ2v) is 14.0. The Morgan fingerprint density at radius 2 is 1.74 bits per heavy atom. The maximum Gasteiger partial charge on any atom is 0.377 e. The zero-order valence-electron chi connectivity index (χ0n) is 26.3. The van der Waals surface area contributed by atoms with E-state index in [-0.39, 0.29) is 12.2 Å². The minimum absolute atomic E-state index is 0.120. The van der Waals surface area contributed by atoms with E-state index >= 15 is 0 Å². The van der Waals surface area contributed by atoms with Crippen molar-refractivity contribution in [3.8, 4) is 5.75 Å². The molecule has 6 aliphatic rings. The Morgan fingerprint density at radius 1 is 1.04 bits per heavy atom. The average Bonchev–Trinajstić information content (AvgIpc) is 3.01. The van der Waals surface area contributed by atoms with Crippen LogP contribution in [0.25, 0.3) is 10.8 Å². The second kappa shape index (κ2) is 11.4. The van der Waals surface area contributed by atoms with Gasteiger partial charge in [0.1, 0.15) is 18.0 Å². The summed E-state index contributed by atoms with van der Waals surface area (Å²) >= 11 is 0. The Morgan fingerprint density at radius 3 is 2.30 bits per heavy atom. The van der Waals surface area contributed by atoms with E-state index in [0.717, 1.165) is 36.6 Å². The number of carboxylic acids is 1. The molecule has 0 radical (unpaired) electrons. The van der Waals surface area contributed by atoms with Crippen molar-refractivity contribution in [1.82, 2.24) is 5.32 Å². The average molecular weight is 642 g/mol. The molecule has 4 aliphatic carbocycles. The largest absolute Gasteiger partial charge is 0.476 e. The summed E-state index contributed by atoms with van der Waals surface area (Å²) < 4.78 is 18.4. The van der Waals surface area contributed by atoms with E-state index in [1.165, 1.54) is 13.3 Å². The molecular formula is C34H43NO11. The van der Waals surface area contributed by atoms with Gasteiger partial charge in [-0.2, -0.15) is 4.89 Å². The van der Waals surface area contributed by atoms with E-state index in [9.17, 15) is 30.0 Å². The van der Waals surface area contributed by atoms with Crippen LogP contribution in [0.2, 0.25) is 0 Å². The fourth-order valence-electron chi connectivity index (χ4n) is 9.44. The Labute approximate surface area is 266 Å². The van der Waals surface area contributed by atoms with Gasteiger partial charge in [0.2, 0.25) is 5.91 Å². The number of carbonyl (C=O) groups excluding carboxylic acids is 1. The number of aliphatic hydroxyl groups excluding tert-OH is 3. The number of rotatable bonds is 9. The van der Waals surface area contributed by atoms with Gasteiger partial charge in [-0.15, -0.1) is 0 Å². The Hall–Kier alpha value is -2.84. The van der Waals surface area contributed by atoms with Gasteiger partial charge in [0, 0.05) is 25.0 Å². The molecule has 46 heavy (non-hydrogen) atoms. The van der Waals surface area contributed by atoms with Gasteiger partial charge in [-0.3, -0.25) is 4.79 Å². The third-order valence-corrected chi connectivity index (χ3v) is 11.4. The molecule has 4 saturated carbocycles. The summed E-state index contributed by atoms with van der Waals surface area (Å²) in [6, 6.07) is 9.69. The zero-order valence-corrected chi connectivity index (χ0v) is 26.3. The van der Waals surface area contributed by atoms with Gasteiger partial charge in [-0.05, 0) is 79.7 Å². The minimum atomic E-state index is -2.46. The number of aliphatic carboxylic acids is 1. The highest BCUT2D eigenvalue weighted by atomic mass is 17.3. The maximum atomic E-state index is 12.9. The highest BCUT2D eigenvalue weighted by Gasteiger charge is 2.76. The van der Waals surface area contributed by atoms with Crippen molar-refractivity contribution in [2.45, 2.75) is 106 Å². The first-order valence-electron chi connectivity index (χ1n) is 16.3. The molecule has 12 nitrogen and oxygen atoms in total. The van der Waals surface area contributed by atoms with Crippen LogP contribution < -0.4 is 10.1 Å². The van der Waals surface area contributed by atoms with Crippen LogP contribution in [0.3, 0.4) is 0 Å². The summed E-state index contributed by atoms with van der Waals surface area (Å²) in [6.07, 6.45) is -0.811. The Balaban J connectivity index is 1.26. The van der Waals surface area contributed by atoms with E-state index in [2.05, 4.69) is 5.32 Å². The summed E-state index contributed by atoms with van der Waals surface area (Å²) in [6.45, 7) is 2.86. The SMILES string of the molecule is CCC(O)C(O)C1OC(Oc2cccc3ccc(C4(OC)OOC45C4CC6CC(C4)CC5C6)cc23)(C(=O)O)CC(O)C1NC(C)=O. The van der Waals surface area contributed by atoms with E-state index < -0.39 is 65.9 Å². The van der Waals surface area contributed by atoms with Crippen molar-refractivity contribution in [2.75, 3.05) is 7.11 Å². The molecule has 2 heterocycles. The molecule has 12 heteroatoms. The standard InChI is InChI=1S/C34H43NO11/c1-4-25(37)29(39)30-28(35-17(2)36)26(38)16-32(44-30,31(40)41)43-27-7-5-6-20-8-9-21(15-24(20)27)34(42-3)33(45-46-34)22-11-18-10-19(13-22)14-23(33)12-18/h5-9,15,18-19,22-23,25-26,28-30,37-39H,4,10-14,16H2,1-3H3,(H,35,36)(H,40,41). The van der Waals surface area contributed by atoms with Crippen LogP contribution >= 0.6 is 0 Å². The highest BCUT2D eigenvalue weighted by molar-refractivity contribution is 5.90. The van der Waals surface area contributed by atoms with Crippen LogP contribution in [0.5, 0.6) is 5.75 Å². The van der Waals surface area contributed by atoms with Crippen molar-refractivity contribution in [3.05, 3.63) is 42.0 Å². The molecule has 5 N–H and O–H groups in total. The lowest BCUT2D eigenvalue weighted by molar-refractivity contribution is -0.645. The van der Waals surface area contributed by atoms with Crippen LogP contribution in [0, 0.1) is 23.7 Å². The first-order chi connectivity index (χ1) is 22.0. The molecule has 7 atom stereocenters. The lowest BCUT2D eigenvalue weighted by atomic mass is 9.47. The molecule has 2 aliphatic heterocycles. The number of carboxylic acid groups (broad SMARTS) is 1. The van der Waals surface area contributed by atoms with Crippen molar-refractivity contribution < 1.29 is 54.0 Å². The van der Waals surface area contributed by atoms with Gasteiger partial charge in [0.05, 0.1) is 24.7 Å². The molecule has 1 spiro atoms. The summed E-state index contributed by atoms with van der Waals surface area (Å²) in [4.78, 5) is 37.0. The first kappa shape index (κ1) is 31.7. The maximum absolute atomic E-state index is 12.9. The quantitative estimate of drug-likeness (QED) is 0.255. The van der Waals surface area contributed by atoms with E-state index in [0.29, 0.717) is 29.1 Å². The number of hydrogen-bond donors (Lipinski definition) is 5. The zero-order chi connectivity index (χ0) is 32.6. The van der Waals surface area contributed by atoms with E-state index in [4.69, 9.17) is 24.0 Å². The fourth-order valence-corrected chi connectivity index (χ4v) is 9.44. The van der Waals surface area contributed by atoms with Crippen molar-refractivity contribution >= 4 is 22.6 Å². The van der Waals surface area contributed by atoms with E-state index in [1.807, 2.05) is 24.3 Å². The van der Waals surface area contributed by atoms with Gasteiger partial charge in [0.15, 0.2) is 5.60 Å². The van der Waals surface area contributed by atoms with Crippen LogP contribution in [0.1, 0.15) is 64.4 Å². The fraction of sp³-hybridized carbons (Fsp3) is 0.647. The van der Waals surface area contributed by atoms with Gasteiger partial charge < -0.3 is 40.0 Å². The molecule has 8 rings (SSSR count). The van der Waals surface area contributed by atoms with E-state index in [1.54, 1.807) is 26.2 Å². The summed E-state index contributed by atoms with van der Waals surface area (Å²) in [7, 11) is 1.63. The third-order valence-electron chi connectivity index (χ3n) is 11.4. The van der Waals surface area contributed by atoms with Crippen LogP contribution in [0.15, 0.2) is 36.4 Å². The lowest BCUT2D eigenvalue weighted by Gasteiger charge is -2.68. The number of methoxy groups -OCH3 is 1. The smallest absolute Gasteiger partial charge is 0.377 e. The van der Waals surface area contributed by atoms with Gasteiger partial charge >= 0.3 is 11.8 Å². The molecule has 0 aromatic heterocycles. The summed E-state index contributed by atoms with van der Waals surface area (Å²) in [5, 5.41) is 46.9. The number of amides is 1. The van der Waals surface area contributed by atoms with Crippen LogP contribution in [0.4, 0.5) is 0 Å². The van der Waals surface area contributed by atoms with Crippen molar-refractivity contribution in [3.63, 3.8) is 0 Å². The van der Waals surface area contributed by atoms with Crippen LogP contribution in [-0.4, -0.2) is 81.3 Å². The molecular weight excluding hydrogens is 598 g/mol. The molecule has 2 saturated heterocycles. The number of nitrogens with one attached hydrogen (secondary N) is 1. The summed E-state index contributed by atoms with van der Waals surface area (Å²) in [5.41, 5.74) is 0.0936. The highest BCUT2D eigenvalue weighted by Crippen LogP contribution is 2.69. The predicted octanol–water partition coefficient (Wildman–Crippen LogP) is 2.74. The number of aliphatic hydroxyl groups is 3. The predicted molar refractivity (Wildman–Crippen MR) is 161 cm³/mol. The molecule has 1 amide bonds. The number of hydrogen-bond acceptors (Lipinski definition) is 10. The molecule has 6 fully saturated rings. The molecule has 4 bridgehead atoms. The van der Waals surface area contributed by atoms with Crippen LogP contribution in [-0.2, 0) is 34.6 Å². The Kier molecular flexibility index (Phi) is 7.87. The molecule has 7 unspecified atom stereocenters. The number of ether oxygens (including phenoxy) is 3. The van der Waals surface area contributed by atoms with Crippen molar-refractivity contribution in [1.29, 1.82) is 0 Å². The topological polar surface area (TPSA) is 173 Å². The normalized spacial score (nSPS) is 40.8. The molecule has 2 aromatic rings. The van der Waals surface area contributed by atoms with Gasteiger partial charge in [-0.1, -0.05) is 31.2 Å². The minimum Gasteiger partial charge on any atom is -0.476 e. The number of fused-ring (bicyclic) bond motifs is 1. The lowest BCUT2D eigenvalue weighted by Crippen LogP contribution is -2.76. The third kappa shape index (κ3) is 4.60. The number of carbonyl (C=O) groups is 2. The first-order valence-corrected chi connectivity index (χ1v) is 16.3. The van der Waals surface area contributed by atoms with Gasteiger partial charge in [-0.25, -0.2) is 9.68 Å². The second-order valence-electron chi connectivity index (χ2n) is 14.0. The molecule has 2 aromatic carbocycles. The molecule has 250 valence electrons. The van der Waals surface area contributed by atoms with Crippen molar-refractivity contribution in [2.24, 2.45) is 23.7 Å². The summed E-state index contributed by atoms with van der Waals surface area (Å²) in [5.74, 6) is -3.53. The van der Waals surface area contributed by atoms with Gasteiger partial charge in [0.25, 0.3) is 5.79 Å².